The van der Waals surface area contributed by atoms with Gasteiger partial charge in [0.2, 0.25) is 0 Å². The number of halogens is 1. The molecular formula is C21H22FN3O. The van der Waals surface area contributed by atoms with E-state index >= 15 is 0 Å². The van der Waals surface area contributed by atoms with Crippen LogP contribution in [0.15, 0.2) is 42.5 Å². The van der Waals surface area contributed by atoms with E-state index in [0.717, 1.165) is 30.5 Å². The minimum absolute atomic E-state index is 0.236. The summed E-state index contributed by atoms with van der Waals surface area (Å²) in [6.45, 7) is 0. The second-order valence-electron chi connectivity index (χ2n) is 7.16. The molecular weight excluding hydrogens is 329 g/mol. The van der Waals surface area contributed by atoms with Crippen molar-refractivity contribution in [3.8, 4) is 0 Å². The van der Waals surface area contributed by atoms with Gasteiger partial charge in [0, 0.05) is 33.9 Å². The van der Waals surface area contributed by atoms with Crippen molar-refractivity contribution >= 4 is 22.5 Å². The zero-order chi connectivity index (χ0) is 18.3. The maximum Gasteiger partial charge on any atom is 0.255 e. The van der Waals surface area contributed by atoms with Crippen molar-refractivity contribution < 1.29 is 9.18 Å². The van der Waals surface area contributed by atoms with Crippen molar-refractivity contribution in [2.45, 2.75) is 25.3 Å². The molecule has 0 spiro atoms. The van der Waals surface area contributed by atoms with Gasteiger partial charge in [0.05, 0.1) is 0 Å². The van der Waals surface area contributed by atoms with Crippen LogP contribution in [-0.2, 0) is 12.8 Å². The van der Waals surface area contributed by atoms with Crippen LogP contribution >= 0.6 is 0 Å². The summed E-state index contributed by atoms with van der Waals surface area (Å²) in [4.78, 5) is 18.2. The quantitative estimate of drug-likeness (QED) is 0.750. The first-order chi connectivity index (χ1) is 12.5. The average Bonchev–Trinajstić information content (AvgIpc) is 2.99. The lowest BCUT2D eigenvalue weighted by atomic mass is 9.91. The van der Waals surface area contributed by atoms with Gasteiger partial charge in [-0.1, -0.05) is 0 Å². The van der Waals surface area contributed by atoms with Gasteiger partial charge in [-0.3, -0.25) is 4.79 Å². The molecule has 0 fully saturated rings. The number of likely N-dealkylation sites (N-methyl/N-ethyl adjacent to an activating group) is 1. The van der Waals surface area contributed by atoms with Gasteiger partial charge in [-0.2, -0.15) is 0 Å². The zero-order valence-electron chi connectivity index (χ0n) is 15.0. The van der Waals surface area contributed by atoms with E-state index in [9.17, 15) is 9.18 Å². The van der Waals surface area contributed by atoms with E-state index < -0.39 is 0 Å². The van der Waals surface area contributed by atoms with Crippen LogP contribution in [0.2, 0.25) is 0 Å². The Balaban J connectivity index is 1.62. The second-order valence-corrected chi connectivity index (χ2v) is 7.16. The molecule has 0 aliphatic heterocycles. The molecule has 1 heterocycles. The number of nitrogens with zero attached hydrogens (tertiary/aromatic N) is 1. The van der Waals surface area contributed by atoms with E-state index in [1.54, 1.807) is 0 Å². The molecule has 2 N–H and O–H groups in total. The van der Waals surface area contributed by atoms with E-state index in [-0.39, 0.29) is 11.7 Å². The Labute approximate surface area is 152 Å². The molecule has 2 aromatic carbocycles. The third kappa shape index (κ3) is 3.10. The number of rotatable bonds is 3. The Kier molecular flexibility index (Phi) is 4.24. The molecule has 1 amide bonds. The zero-order valence-corrected chi connectivity index (χ0v) is 15.0. The number of aryl methyl sites for hydroxylation is 1. The van der Waals surface area contributed by atoms with E-state index in [1.165, 1.54) is 40.9 Å². The number of hydrogen-bond donors (Lipinski definition) is 2. The number of carbonyl (C=O) groups is 1. The lowest BCUT2D eigenvalue weighted by molar-refractivity contribution is 0.102. The molecule has 0 bridgehead atoms. The van der Waals surface area contributed by atoms with Crippen LogP contribution in [0.1, 0.15) is 28.0 Å². The SMILES string of the molecule is CN(C)[C@H]1CCc2[nH]c3ccc(NC(=O)c4ccc(F)cc4)cc3c2C1. The highest BCUT2D eigenvalue weighted by Crippen LogP contribution is 2.32. The first kappa shape index (κ1) is 16.8. The van der Waals surface area contributed by atoms with E-state index in [1.807, 2.05) is 18.2 Å². The Morgan fingerprint density at radius 3 is 2.69 bits per heavy atom. The molecule has 3 aromatic rings. The highest BCUT2D eigenvalue weighted by molar-refractivity contribution is 6.05. The van der Waals surface area contributed by atoms with Crippen LogP contribution in [0, 0.1) is 5.82 Å². The molecule has 1 aliphatic rings. The summed E-state index contributed by atoms with van der Waals surface area (Å²) < 4.78 is 13.0. The minimum Gasteiger partial charge on any atom is -0.358 e. The second kappa shape index (κ2) is 6.57. The molecule has 5 heteroatoms. The Morgan fingerprint density at radius 2 is 1.96 bits per heavy atom. The summed E-state index contributed by atoms with van der Waals surface area (Å²) in [6.07, 6.45) is 3.21. The van der Waals surface area contributed by atoms with Gasteiger partial charge < -0.3 is 15.2 Å². The van der Waals surface area contributed by atoms with E-state index in [4.69, 9.17) is 0 Å². The standard InChI is InChI=1S/C21H22FN3O/c1-25(2)16-8-10-20-18(12-16)17-11-15(7-9-19(17)24-20)23-21(26)13-3-5-14(22)6-4-13/h3-7,9,11,16,24H,8,10,12H2,1-2H3,(H,23,26)/t16-/m0/s1. The number of nitrogens with one attached hydrogen (secondary N) is 2. The number of anilines is 1. The minimum atomic E-state index is -0.350. The van der Waals surface area contributed by atoms with E-state index in [2.05, 4.69) is 29.3 Å². The molecule has 0 unspecified atom stereocenters. The van der Waals surface area contributed by atoms with Gasteiger partial charge in [-0.05, 0) is 81.4 Å². The number of amides is 1. The first-order valence-electron chi connectivity index (χ1n) is 8.88. The number of benzene rings is 2. The van der Waals surface area contributed by atoms with E-state index in [0.29, 0.717) is 11.6 Å². The van der Waals surface area contributed by atoms with Crippen LogP contribution in [-0.4, -0.2) is 35.9 Å². The number of aromatic amines is 1. The molecule has 0 radical (unpaired) electrons. The van der Waals surface area contributed by atoms with Crippen LogP contribution in [0.4, 0.5) is 10.1 Å². The van der Waals surface area contributed by atoms with Crippen molar-refractivity contribution in [1.82, 2.24) is 9.88 Å². The van der Waals surface area contributed by atoms with Crippen LogP contribution < -0.4 is 5.32 Å². The maximum atomic E-state index is 13.0. The number of aromatic nitrogens is 1. The van der Waals surface area contributed by atoms with Gasteiger partial charge in [-0.15, -0.1) is 0 Å². The van der Waals surface area contributed by atoms with Crippen molar-refractivity contribution in [3.63, 3.8) is 0 Å². The van der Waals surface area contributed by atoms with Gasteiger partial charge in [0.1, 0.15) is 5.82 Å². The fourth-order valence-electron chi connectivity index (χ4n) is 3.72. The number of hydrogen-bond acceptors (Lipinski definition) is 2. The molecule has 26 heavy (non-hydrogen) atoms. The van der Waals surface area contributed by atoms with Crippen LogP contribution in [0.25, 0.3) is 10.9 Å². The third-order valence-electron chi connectivity index (χ3n) is 5.26. The maximum absolute atomic E-state index is 13.0. The smallest absolute Gasteiger partial charge is 0.255 e. The highest BCUT2D eigenvalue weighted by Gasteiger charge is 2.23. The van der Waals surface area contributed by atoms with Gasteiger partial charge in [-0.25, -0.2) is 4.39 Å². The number of fused-ring (bicyclic) bond motifs is 3. The predicted octanol–water partition coefficient (Wildman–Crippen LogP) is 3.98. The molecule has 0 saturated carbocycles. The summed E-state index contributed by atoms with van der Waals surface area (Å²) in [5.74, 6) is -0.586. The van der Waals surface area contributed by atoms with Gasteiger partial charge in [0.25, 0.3) is 5.91 Å². The summed E-state index contributed by atoms with van der Waals surface area (Å²) in [5.41, 5.74) is 4.95. The van der Waals surface area contributed by atoms with Crippen molar-refractivity contribution in [3.05, 3.63) is 65.1 Å². The fourth-order valence-corrected chi connectivity index (χ4v) is 3.72. The lowest BCUT2D eigenvalue weighted by Crippen LogP contribution is -2.33. The predicted molar refractivity (Wildman–Crippen MR) is 102 cm³/mol. The Hall–Kier alpha value is -2.66. The highest BCUT2D eigenvalue weighted by atomic mass is 19.1. The van der Waals surface area contributed by atoms with Crippen LogP contribution in [0.3, 0.4) is 0 Å². The summed E-state index contributed by atoms with van der Waals surface area (Å²) >= 11 is 0. The van der Waals surface area contributed by atoms with Crippen LogP contribution in [0.5, 0.6) is 0 Å². The summed E-state index contributed by atoms with van der Waals surface area (Å²) in [7, 11) is 4.25. The van der Waals surface area contributed by atoms with Gasteiger partial charge in [0.15, 0.2) is 0 Å². The molecule has 0 saturated heterocycles. The summed E-state index contributed by atoms with van der Waals surface area (Å²) in [5, 5.41) is 4.08. The number of H-pyrrole nitrogens is 1. The largest absolute Gasteiger partial charge is 0.358 e. The monoisotopic (exact) mass is 351 g/mol. The molecule has 4 nitrogen and oxygen atoms in total. The first-order valence-corrected chi connectivity index (χ1v) is 8.88. The third-order valence-corrected chi connectivity index (χ3v) is 5.26. The number of carbonyl (C=O) groups excluding carboxylic acids is 1. The lowest BCUT2D eigenvalue weighted by Gasteiger charge is -2.28. The molecule has 1 aromatic heterocycles. The normalized spacial score (nSPS) is 16.7. The molecule has 134 valence electrons. The van der Waals surface area contributed by atoms with Crippen molar-refractivity contribution in [2.75, 3.05) is 19.4 Å². The molecule has 4 rings (SSSR count). The van der Waals surface area contributed by atoms with Gasteiger partial charge >= 0.3 is 0 Å². The van der Waals surface area contributed by atoms with Crippen molar-refractivity contribution in [2.24, 2.45) is 0 Å². The van der Waals surface area contributed by atoms with Crippen molar-refractivity contribution in [1.29, 1.82) is 0 Å². The molecule has 1 aliphatic carbocycles. The average molecular weight is 351 g/mol. The summed E-state index contributed by atoms with van der Waals surface area (Å²) in [6, 6.07) is 12.0. The topological polar surface area (TPSA) is 48.1 Å². The fraction of sp³-hybridized carbons (Fsp3) is 0.286. The Morgan fingerprint density at radius 1 is 1.19 bits per heavy atom. The Bertz CT molecular complexity index is 959. The molecule has 1 atom stereocenters.